The Morgan fingerprint density at radius 3 is 2.56 bits per heavy atom. The Labute approximate surface area is 200 Å². The van der Waals surface area contributed by atoms with Crippen LogP contribution in [0, 0.1) is 11.3 Å². The van der Waals surface area contributed by atoms with E-state index in [1.54, 1.807) is 28.0 Å². The number of para-hydroxylation sites is 1. The topological polar surface area (TPSA) is 84.7 Å². The minimum atomic E-state index is -0.703. The van der Waals surface area contributed by atoms with Gasteiger partial charge in [-0.05, 0) is 63.4 Å². The van der Waals surface area contributed by atoms with Crippen LogP contribution in [-0.2, 0) is 9.59 Å². The molecule has 0 bridgehead atoms. The average molecular weight is 459 g/mol. The number of benzene rings is 2. The van der Waals surface area contributed by atoms with E-state index in [9.17, 15) is 14.4 Å². The summed E-state index contributed by atoms with van der Waals surface area (Å²) in [7, 11) is 0. The van der Waals surface area contributed by atoms with Crippen molar-refractivity contribution in [2.24, 2.45) is 0 Å². The molecule has 0 radical (unpaired) electrons. The fourth-order valence-electron chi connectivity index (χ4n) is 5.26. The monoisotopic (exact) mass is 458 g/mol. The van der Waals surface area contributed by atoms with Gasteiger partial charge in [-0.3, -0.25) is 19.3 Å². The second kappa shape index (κ2) is 9.30. The van der Waals surface area contributed by atoms with Gasteiger partial charge in [0.1, 0.15) is 5.66 Å². The van der Waals surface area contributed by atoms with Gasteiger partial charge in [-0.25, -0.2) is 0 Å². The summed E-state index contributed by atoms with van der Waals surface area (Å²) < 4.78 is 0. The highest BCUT2D eigenvalue weighted by atomic mass is 16.2. The van der Waals surface area contributed by atoms with Crippen molar-refractivity contribution in [1.82, 2.24) is 9.80 Å². The molecule has 2 aromatic rings. The third-order valence-electron chi connectivity index (χ3n) is 7.17. The van der Waals surface area contributed by atoms with Crippen molar-refractivity contribution in [3.05, 3.63) is 65.2 Å². The fraction of sp³-hybridized carbons (Fsp3) is 0.407. The van der Waals surface area contributed by atoms with Crippen molar-refractivity contribution in [1.29, 1.82) is 5.26 Å². The summed E-state index contributed by atoms with van der Waals surface area (Å²) in [5.41, 5.74) is 2.08. The van der Waals surface area contributed by atoms with Gasteiger partial charge >= 0.3 is 0 Å². The van der Waals surface area contributed by atoms with Gasteiger partial charge in [-0.1, -0.05) is 24.3 Å². The number of nitrogens with zero attached hydrogens (tertiary/aromatic N) is 4. The van der Waals surface area contributed by atoms with Crippen LogP contribution in [0.2, 0.25) is 0 Å². The Morgan fingerprint density at radius 2 is 1.88 bits per heavy atom. The minimum absolute atomic E-state index is 0.0220. The van der Waals surface area contributed by atoms with E-state index in [-0.39, 0.29) is 23.8 Å². The second-order valence-electron chi connectivity index (χ2n) is 9.11. The molecule has 1 fully saturated rings. The highest BCUT2D eigenvalue weighted by molar-refractivity contribution is 6.10. The lowest BCUT2D eigenvalue weighted by molar-refractivity contribution is -0.133. The summed E-state index contributed by atoms with van der Waals surface area (Å²) in [4.78, 5) is 44.5. The van der Waals surface area contributed by atoms with E-state index in [4.69, 9.17) is 5.26 Å². The minimum Gasteiger partial charge on any atom is -0.336 e. The Kier molecular flexibility index (Phi) is 6.43. The van der Waals surface area contributed by atoms with Gasteiger partial charge in [-0.15, -0.1) is 0 Å². The zero-order valence-electron chi connectivity index (χ0n) is 20.0. The molecule has 0 spiro atoms. The van der Waals surface area contributed by atoms with Crippen LogP contribution in [0.5, 0.6) is 0 Å². The Morgan fingerprint density at radius 1 is 1.18 bits per heavy atom. The number of fused-ring (bicyclic) bond motifs is 3. The zero-order valence-corrected chi connectivity index (χ0v) is 20.0. The number of nitriles is 1. The SMILES string of the molecule is CCN(C(=O)CCCN1C(=O)c2ccccc2N2C(=O)CCC12C)C(C)c1ccc(C#N)cc1. The van der Waals surface area contributed by atoms with Gasteiger partial charge in [0.2, 0.25) is 11.8 Å². The molecule has 2 atom stereocenters. The Bertz CT molecular complexity index is 1150. The summed E-state index contributed by atoms with van der Waals surface area (Å²) in [5.74, 6) is -0.0413. The molecule has 0 saturated carbocycles. The van der Waals surface area contributed by atoms with Crippen LogP contribution in [0.4, 0.5) is 5.69 Å². The number of hydrogen-bond donors (Lipinski definition) is 0. The van der Waals surface area contributed by atoms with Crippen LogP contribution in [-0.4, -0.2) is 46.3 Å². The molecule has 0 aliphatic carbocycles. The van der Waals surface area contributed by atoms with Crippen molar-refractivity contribution in [3.63, 3.8) is 0 Å². The standard InChI is InChI=1S/C27H30N4O3/c1-4-29(19(2)21-13-11-20(18-28)12-14-21)24(32)10-7-17-30-26(34)22-8-5-6-9-23(22)31-25(33)15-16-27(30,31)3/h5-6,8-9,11-14,19H,4,7,10,15-17H2,1-3H3. The van der Waals surface area contributed by atoms with Gasteiger partial charge in [0.05, 0.1) is 28.9 Å². The van der Waals surface area contributed by atoms with Crippen molar-refractivity contribution in [2.45, 2.75) is 58.2 Å². The number of hydrogen-bond acceptors (Lipinski definition) is 4. The number of amides is 3. The maximum absolute atomic E-state index is 13.4. The molecule has 3 amide bonds. The second-order valence-corrected chi connectivity index (χ2v) is 9.11. The summed E-state index contributed by atoms with van der Waals surface area (Å²) in [6, 6.07) is 16.5. The highest BCUT2D eigenvalue weighted by Gasteiger charge is 2.52. The fourth-order valence-corrected chi connectivity index (χ4v) is 5.26. The molecule has 0 N–H and O–H groups in total. The van der Waals surface area contributed by atoms with Crippen LogP contribution in [0.15, 0.2) is 48.5 Å². The molecule has 2 heterocycles. The summed E-state index contributed by atoms with van der Waals surface area (Å²) in [6.07, 6.45) is 1.81. The third-order valence-corrected chi connectivity index (χ3v) is 7.17. The Hall–Kier alpha value is -3.66. The van der Waals surface area contributed by atoms with E-state index >= 15 is 0 Å². The predicted octanol–water partition coefficient (Wildman–Crippen LogP) is 4.25. The summed E-state index contributed by atoms with van der Waals surface area (Å²) in [5, 5.41) is 9.01. The van der Waals surface area contributed by atoms with Crippen molar-refractivity contribution in [3.8, 4) is 6.07 Å². The van der Waals surface area contributed by atoms with Crippen LogP contribution in [0.3, 0.4) is 0 Å². The first-order valence-corrected chi connectivity index (χ1v) is 11.9. The largest absolute Gasteiger partial charge is 0.336 e. The lowest BCUT2D eigenvalue weighted by atomic mass is 9.97. The number of rotatable bonds is 7. The summed E-state index contributed by atoms with van der Waals surface area (Å²) >= 11 is 0. The van der Waals surface area contributed by atoms with Gasteiger partial charge in [0.15, 0.2) is 0 Å². The van der Waals surface area contributed by atoms with Crippen LogP contribution >= 0.6 is 0 Å². The molecule has 7 heteroatoms. The highest BCUT2D eigenvalue weighted by Crippen LogP contribution is 2.44. The van der Waals surface area contributed by atoms with Gasteiger partial charge in [0, 0.05) is 25.9 Å². The molecular formula is C27H30N4O3. The first kappa shape index (κ1) is 23.5. The molecule has 2 aromatic carbocycles. The zero-order chi connectivity index (χ0) is 24.5. The molecule has 1 saturated heterocycles. The lowest BCUT2D eigenvalue weighted by Gasteiger charge is -2.48. The molecule has 176 valence electrons. The molecule has 34 heavy (non-hydrogen) atoms. The molecule has 0 aromatic heterocycles. The van der Waals surface area contributed by atoms with Gasteiger partial charge in [0.25, 0.3) is 5.91 Å². The molecule has 2 unspecified atom stereocenters. The van der Waals surface area contributed by atoms with E-state index < -0.39 is 5.66 Å². The normalized spacial score (nSPS) is 19.9. The maximum atomic E-state index is 13.4. The summed E-state index contributed by atoms with van der Waals surface area (Å²) in [6.45, 7) is 6.85. The quantitative estimate of drug-likeness (QED) is 0.621. The number of carbonyl (C=O) groups is 3. The lowest BCUT2D eigenvalue weighted by Crippen LogP contribution is -2.62. The smallest absolute Gasteiger partial charge is 0.257 e. The first-order chi connectivity index (χ1) is 16.3. The molecular weight excluding hydrogens is 428 g/mol. The van der Waals surface area contributed by atoms with E-state index in [0.29, 0.717) is 55.6 Å². The molecule has 2 aliphatic heterocycles. The predicted molar refractivity (Wildman–Crippen MR) is 129 cm³/mol. The van der Waals surface area contributed by atoms with Crippen molar-refractivity contribution < 1.29 is 14.4 Å². The van der Waals surface area contributed by atoms with E-state index in [1.165, 1.54) is 0 Å². The molecule has 7 nitrogen and oxygen atoms in total. The average Bonchev–Trinajstić information content (AvgIpc) is 3.16. The first-order valence-electron chi connectivity index (χ1n) is 11.9. The number of anilines is 1. The third kappa shape index (κ3) is 3.94. The van der Waals surface area contributed by atoms with Gasteiger partial charge in [-0.2, -0.15) is 5.26 Å². The number of carbonyl (C=O) groups excluding carboxylic acids is 3. The molecule has 4 rings (SSSR count). The van der Waals surface area contributed by atoms with Crippen LogP contribution < -0.4 is 4.90 Å². The Balaban J connectivity index is 1.45. The van der Waals surface area contributed by atoms with Crippen LogP contribution in [0.1, 0.15) is 74.0 Å². The van der Waals surface area contributed by atoms with E-state index in [0.717, 1.165) is 5.56 Å². The van der Waals surface area contributed by atoms with Crippen molar-refractivity contribution in [2.75, 3.05) is 18.0 Å². The van der Waals surface area contributed by atoms with E-state index in [2.05, 4.69) is 6.07 Å². The van der Waals surface area contributed by atoms with Gasteiger partial charge < -0.3 is 9.80 Å². The maximum Gasteiger partial charge on any atom is 0.257 e. The van der Waals surface area contributed by atoms with Crippen LogP contribution in [0.25, 0.3) is 0 Å². The van der Waals surface area contributed by atoms with E-state index in [1.807, 2.05) is 56.0 Å². The molecule has 2 aliphatic rings. The van der Waals surface area contributed by atoms with Crippen molar-refractivity contribution >= 4 is 23.4 Å².